The molecule has 3 amide bonds. The van der Waals surface area contributed by atoms with Gasteiger partial charge < -0.3 is 0 Å². The van der Waals surface area contributed by atoms with Crippen LogP contribution in [0.3, 0.4) is 0 Å². The van der Waals surface area contributed by atoms with Crippen molar-refractivity contribution in [3.63, 3.8) is 0 Å². The molecule has 1 aliphatic heterocycles. The van der Waals surface area contributed by atoms with E-state index in [0.29, 0.717) is 10.6 Å². The van der Waals surface area contributed by atoms with E-state index in [1.807, 2.05) is 68.4 Å². The molecule has 4 aromatic rings. The van der Waals surface area contributed by atoms with Gasteiger partial charge in [0.2, 0.25) is 0 Å². The van der Waals surface area contributed by atoms with Gasteiger partial charge in [0, 0.05) is 28.0 Å². The molecule has 42 heavy (non-hydrogen) atoms. The Labute approximate surface area is 248 Å². The Balaban J connectivity index is 1.33. The van der Waals surface area contributed by atoms with Crippen LogP contribution in [-0.4, -0.2) is 40.1 Å². The fraction of sp³-hybridized carbons (Fsp3) is 0.200. The molecule has 0 unspecified atom stereocenters. The number of ketones is 1. The summed E-state index contributed by atoms with van der Waals surface area (Å²) in [6.07, 6.45) is 0. The van der Waals surface area contributed by atoms with Gasteiger partial charge in [-0.1, -0.05) is 72.3 Å². The maximum absolute atomic E-state index is 14.4. The van der Waals surface area contributed by atoms with Crippen molar-refractivity contribution in [2.75, 3.05) is 6.54 Å². The van der Waals surface area contributed by atoms with Crippen molar-refractivity contribution >= 4 is 35.1 Å². The van der Waals surface area contributed by atoms with E-state index >= 15 is 0 Å². The second-order valence-corrected chi connectivity index (χ2v) is 11.8. The number of halogens is 1. The van der Waals surface area contributed by atoms with Gasteiger partial charge in [0.15, 0.2) is 5.78 Å². The zero-order valence-corrected chi connectivity index (χ0v) is 23.8. The average molecular weight is 575 g/mol. The first-order valence-electron chi connectivity index (χ1n) is 14.0. The third-order valence-corrected chi connectivity index (χ3v) is 9.37. The van der Waals surface area contributed by atoms with E-state index in [4.69, 9.17) is 11.6 Å². The van der Waals surface area contributed by atoms with Crippen LogP contribution in [0, 0.1) is 25.7 Å². The minimum Gasteiger partial charge on any atom is -0.292 e. The van der Waals surface area contributed by atoms with Crippen molar-refractivity contribution in [2.45, 2.75) is 25.7 Å². The highest BCUT2D eigenvalue weighted by Gasteiger charge is 2.63. The van der Waals surface area contributed by atoms with Gasteiger partial charge in [-0.3, -0.25) is 19.2 Å². The van der Waals surface area contributed by atoms with Crippen molar-refractivity contribution in [1.82, 2.24) is 10.0 Å². The molecular formula is C35H27ClN2O4. The molecule has 2 bridgehead atoms. The largest absolute Gasteiger partial charge is 0.292 e. The van der Waals surface area contributed by atoms with Gasteiger partial charge in [-0.05, 0) is 77.6 Å². The van der Waals surface area contributed by atoms with Gasteiger partial charge in [0.05, 0.1) is 11.8 Å². The molecule has 7 heteroatoms. The topological polar surface area (TPSA) is 74.8 Å². The smallest absolute Gasteiger partial charge is 0.273 e. The van der Waals surface area contributed by atoms with E-state index in [0.717, 1.165) is 43.4 Å². The van der Waals surface area contributed by atoms with E-state index in [2.05, 4.69) is 0 Å². The molecule has 208 valence electrons. The SMILES string of the molecule is Cc1ccc(C(=O)CN(C(=O)c2ccc(Cl)cc2)N2C(=O)[C@H]3C4c5ccccc5C(c5ccccc54)[C@@H]3C2=O)cc1C. The van der Waals surface area contributed by atoms with Crippen LogP contribution in [0.1, 0.15) is 65.9 Å². The normalized spacial score (nSPS) is 21.5. The van der Waals surface area contributed by atoms with E-state index < -0.39 is 36.1 Å². The summed E-state index contributed by atoms with van der Waals surface area (Å²) in [6.45, 7) is 3.40. The lowest BCUT2D eigenvalue weighted by Gasteiger charge is -2.45. The van der Waals surface area contributed by atoms with Crippen LogP contribution in [0.4, 0.5) is 0 Å². The molecule has 0 spiro atoms. The van der Waals surface area contributed by atoms with E-state index in [1.54, 1.807) is 24.3 Å². The van der Waals surface area contributed by atoms with E-state index in [1.165, 1.54) is 12.1 Å². The lowest BCUT2D eigenvalue weighted by Crippen LogP contribution is -2.52. The van der Waals surface area contributed by atoms with Crippen molar-refractivity contribution in [2.24, 2.45) is 11.8 Å². The number of imide groups is 1. The summed E-state index contributed by atoms with van der Waals surface area (Å²) in [7, 11) is 0. The van der Waals surface area contributed by atoms with Crippen LogP contribution in [-0.2, 0) is 9.59 Å². The Morgan fingerprint density at radius 2 is 1.17 bits per heavy atom. The molecule has 2 atom stereocenters. The Kier molecular flexibility index (Phi) is 6.13. The standard InChI is InChI=1S/C35H27ClN2O4/c1-19-11-12-22(17-20(19)2)28(39)18-37(33(40)21-13-15-23(36)16-14-21)38-34(41)31-29-24-7-3-4-8-25(24)30(32(31)35(38)42)27-10-6-5-9-26(27)29/h3-17,29-32H,18H2,1-2H3/t29?,30?,31-,32-/m0/s1. The molecular weight excluding hydrogens is 548 g/mol. The number of rotatable bonds is 5. The van der Waals surface area contributed by atoms with Gasteiger partial charge in [-0.15, -0.1) is 0 Å². The van der Waals surface area contributed by atoms with Crippen LogP contribution in [0.25, 0.3) is 0 Å². The van der Waals surface area contributed by atoms with Crippen LogP contribution in [0.2, 0.25) is 5.02 Å². The van der Waals surface area contributed by atoms with Crippen molar-refractivity contribution in [3.05, 3.63) is 141 Å². The van der Waals surface area contributed by atoms with Gasteiger partial charge >= 0.3 is 0 Å². The highest BCUT2D eigenvalue weighted by atomic mass is 35.5. The number of aryl methyl sites for hydroxylation is 2. The molecule has 1 fully saturated rings. The van der Waals surface area contributed by atoms with E-state index in [9.17, 15) is 19.2 Å². The van der Waals surface area contributed by atoms with Gasteiger partial charge in [-0.25, -0.2) is 5.01 Å². The zero-order valence-electron chi connectivity index (χ0n) is 23.1. The molecule has 0 saturated carbocycles. The maximum atomic E-state index is 14.4. The number of hydrogen-bond acceptors (Lipinski definition) is 4. The molecule has 0 radical (unpaired) electrons. The number of hydrogen-bond donors (Lipinski definition) is 0. The molecule has 1 saturated heterocycles. The molecule has 4 aliphatic rings. The number of amides is 3. The summed E-state index contributed by atoms with van der Waals surface area (Å²) in [5, 5.41) is 2.44. The summed E-state index contributed by atoms with van der Waals surface area (Å²) in [5.41, 5.74) is 6.73. The maximum Gasteiger partial charge on any atom is 0.273 e. The van der Waals surface area contributed by atoms with Crippen LogP contribution in [0.15, 0.2) is 91.0 Å². The molecule has 8 rings (SSSR count). The molecule has 0 aromatic heterocycles. The second-order valence-electron chi connectivity index (χ2n) is 11.3. The number of benzene rings is 4. The first-order valence-corrected chi connectivity index (χ1v) is 14.4. The predicted molar refractivity (Wildman–Crippen MR) is 158 cm³/mol. The van der Waals surface area contributed by atoms with Gasteiger partial charge in [0.1, 0.15) is 6.54 Å². The van der Waals surface area contributed by atoms with Crippen molar-refractivity contribution < 1.29 is 19.2 Å². The van der Waals surface area contributed by atoms with Gasteiger partial charge in [0.25, 0.3) is 17.7 Å². The number of hydrazine groups is 1. The first-order chi connectivity index (χ1) is 20.3. The summed E-state index contributed by atoms with van der Waals surface area (Å²) in [5.74, 6) is -3.90. The number of carbonyl (C=O) groups excluding carboxylic acids is 4. The number of carbonyl (C=O) groups is 4. The fourth-order valence-corrected chi connectivity index (χ4v) is 7.14. The lowest BCUT2D eigenvalue weighted by molar-refractivity contribution is -0.154. The third kappa shape index (κ3) is 3.86. The number of Topliss-reactive ketones (excluding diaryl/α,β-unsaturated/α-hetero) is 1. The van der Waals surface area contributed by atoms with Crippen LogP contribution in [0.5, 0.6) is 0 Å². The third-order valence-electron chi connectivity index (χ3n) is 9.11. The average Bonchev–Trinajstić information content (AvgIpc) is 3.27. The molecule has 1 heterocycles. The zero-order chi connectivity index (χ0) is 29.3. The minimum atomic E-state index is -0.676. The summed E-state index contributed by atoms with van der Waals surface area (Å²) >= 11 is 6.07. The van der Waals surface area contributed by atoms with Crippen LogP contribution >= 0.6 is 11.6 Å². The van der Waals surface area contributed by atoms with E-state index in [-0.39, 0.29) is 23.2 Å². The van der Waals surface area contributed by atoms with Gasteiger partial charge in [-0.2, -0.15) is 5.01 Å². The quantitative estimate of drug-likeness (QED) is 0.214. The Hall–Kier alpha value is -4.55. The summed E-state index contributed by atoms with van der Waals surface area (Å²) < 4.78 is 0. The molecule has 4 aromatic carbocycles. The van der Waals surface area contributed by atoms with Crippen molar-refractivity contribution in [1.29, 1.82) is 0 Å². The fourth-order valence-electron chi connectivity index (χ4n) is 7.02. The highest BCUT2D eigenvalue weighted by molar-refractivity contribution is 6.30. The Morgan fingerprint density at radius 1 is 0.690 bits per heavy atom. The molecule has 3 aliphatic carbocycles. The van der Waals surface area contributed by atoms with Crippen molar-refractivity contribution in [3.8, 4) is 0 Å². The lowest BCUT2D eigenvalue weighted by atomic mass is 9.55. The Bertz CT molecular complexity index is 1700. The number of nitrogens with zero attached hydrogens (tertiary/aromatic N) is 2. The summed E-state index contributed by atoms with van der Waals surface area (Å²) in [6, 6.07) is 27.4. The molecule has 6 nitrogen and oxygen atoms in total. The monoisotopic (exact) mass is 574 g/mol. The van der Waals surface area contributed by atoms with Crippen LogP contribution < -0.4 is 0 Å². The minimum absolute atomic E-state index is 0.220. The second kappa shape index (κ2) is 9.78. The first kappa shape index (κ1) is 26.4. The predicted octanol–water partition coefficient (Wildman–Crippen LogP) is 6.09. The highest BCUT2D eigenvalue weighted by Crippen LogP contribution is 2.61. The summed E-state index contributed by atoms with van der Waals surface area (Å²) in [4.78, 5) is 56.4. The Morgan fingerprint density at radius 3 is 1.64 bits per heavy atom. The molecule has 0 N–H and O–H groups in total.